The van der Waals surface area contributed by atoms with Crippen LogP contribution in [0.5, 0.6) is 0 Å². The molecule has 80 heavy (non-hydrogen) atoms. The van der Waals surface area contributed by atoms with Crippen molar-refractivity contribution in [3.05, 3.63) is 261 Å². The van der Waals surface area contributed by atoms with Crippen LogP contribution < -0.4 is 0 Å². The molecule has 0 spiro atoms. The Hall–Kier alpha value is -8.18. The molecule has 0 saturated carbocycles. The van der Waals surface area contributed by atoms with Crippen LogP contribution >= 0.6 is 79.4 Å². The van der Waals surface area contributed by atoms with Gasteiger partial charge in [0, 0.05) is 103 Å². The Morgan fingerprint density at radius 1 is 0.525 bits per heavy atom. The van der Waals surface area contributed by atoms with Gasteiger partial charge in [0.25, 0.3) is 11.4 Å². The summed E-state index contributed by atoms with van der Waals surface area (Å²) in [6.07, 6.45) is 9.25. The number of allylic oxidation sites excluding steroid dienone is 10. The Kier molecular flexibility index (Phi) is 10.8. The number of thiophene rings is 7. The molecule has 0 amide bonds. The van der Waals surface area contributed by atoms with Crippen molar-refractivity contribution in [2.75, 3.05) is 0 Å². The minimum atomic E-state index is -0.693. The lowest BCUT2D eigenvalue weighted by atomic mass is 9.69. The van der Waals surface area contributed by atoms with E-state index in [4.69, 9.17) is 13.1 Å². The molecule has 6 nitrogen and oxygen atoms in total. The van der Waals surface area contributed by atoms with Gasteiger partial charge in [-0.3, -0.25) is 9.59 Å². The SMILES string of the molecule is [C-]#[N+]/C(C#N)=C1\C(=C\c2cc3sc4c(c3s2)C(C2=CC=C(C)C2)(c2ccc(C)s2)c2cc3c(cc2-4)C(c2ccc(C)s2)(c2ccc(C)s2)c2c-3sc3cc(/C=C4\C(=O)c5ccccc5\C4=C(\C#N)[N+]#[C-])sc23)C(=O)c2ccccc21. The second-order valence-electron chi connectivity index (χ2n) is 20.6. The summed E-state index contributed by atoms with van der Waals surface area (Å²) in [6, 6.07) is 41.9. The first kappa shape index (κ1) is 48.9. The molecule has 0 radical (unpaired) electrons. The van der Waals surface area contributed by atoms with Gasteiger partial charge in [0.15, 0.2) is 11.6 Å². The number of rotatable bonds is 6. The van der Waals surface area contributed by atoms with Crippen molar-refractivity contribution in [1.82, 2.24) is 0 Å². The molecule has 3 aromatic carbocycles. The summed E-state index contributed by atoms with van der Waals surface area (Å²) >= 11 is 12.5. The summed E-state index contributed by atoms with van der Waals surface area (Å²) in [5.74, 6) is -0.371. The molecule has 15 rings (SSSR count). The quantitative estimate of drug-likeness (QED) is 0.0942. The molecule has 7 aromatic heterocycles. The number of fused-ring (bicyclic) bond motifs is 12. The van der Waals surface area contributed by atoms with E-state index < -0.39 is 10.8 Å². The van der Waals surface area contributed by atoms with E-state index in [2.05, 4.69) is 122 Å². The average Bonchev–Trinajstić information content (AvgIpc) is 4.04. The zero-order valence-electron chi connectivity index (χ0n) is 42.9. The summed E-state index contributed by atoms with van der Waals surface area (Å²) in [4.78, 5) is 47.4. The van der Waals surface area contributed by atoms with Crippen molar-refractivity contribution in [3.63, 3.8) is 0 Å². The van der Waals surface area contributed by atoms with Crippen LogP contribution in [0.4, 0.5) is 0 Å². The first-order valence-corrected chi connectivity index (χ1v) is 31.3. The zero-order chi connectivity index (χ0) is 54.7. The van der Waals surface area contributed by atoms with Crippen LogP contribution in [-0.2, 0) is 10.8 Å². The number of carbonyl (C=O) groups excluding carboxylic acids is 2. The lowest BCUT2D eigenvalue weighted by Gasteiger charge is -2.34. The first-order chi connectivity index (χ1) is 38.9. The monoisotopic (exact) mass is 1150 g/mol. The number of Topliss-reactive ketones (excluding diaryl/α,β-unsaturated/α-hetero) is 2. The van der Waals surface area contributed by atoms with Gasteiger partial charge in [-0.1, -0.05) is 66.3 Å². The summed E-state index contributed by atoms with van der Waals surface area (Å²) in [5, 5.41) is 20.4. The van der Waals surface area contributed by atoms with Crippen LogP contribution in [0.15, 0.2) is 155 Å². The largest absolute Gasteiger partial charge is 0.289 e. The topological polar surface area (TPSA) is 90.4 Å². The number of aryl methyl sites for hydroxylation is 3. The van der Waals surface area contributed by atoms with Gasteiger partial charge in [0.05, 0.1) is 45.5 Å². The molecule has 0 N–H and O–H groups in total. The van der Waals surface area contributed by atoms with Crippen molar-refractivity contribution in [2.24, 2.45) is 0 Å². The number of hydrogen-bond donors (Lipinski definition) is 0. The maximum Gasteiger partial charge on any atom is 0.270 e. The normalized spacial score (nSPS) is 19.4. The maximum absolute atomic E-state index is 14.3. The molecule has 0 saturated heterocycles. The molecule has 7 heterocycles. The Morgan fingerprint density at radius 2 is 0.950 bits per heavy atom. The van der Waals surface area contributed by atoms with Crippen molar-refractivity contribution in [2.45, 2.75) is 44.9 Å². The van der Waals surface area contributed by atoms with E-state index >= 15 is 0 Å². The molecule has 5 aliphatic carbocycles. The second kappa shape index (κ2) is 17.7. The lowest BCUT2D eigenvalue weighted by molar-refractivity contribution is 0.103. The Labute approximate surface area is 488 Å². The standard InChI is InChI=1S/C67H36N4O2S7/c1-32-15-19-36(23-32)66(53-20-16-33(2)74-53)47-28-44-48(29-43(47)62-58(66)64-51(79-62)26-37(77-64)24-45-56(49(30-68)70-5)39-11-7-9-13-41(39)60(45)72)67(54-21-17-34(3)75-54,55-22-18-35(4)76-55)59-63(44)80-52-27-38(78-65(52)59)25-46-57(50(31-69)71-6)40-12-8-10-14-42(40)61(46)73/h7-22,24-29H,23H2,1-4H3/b45-24-,46-25-,56-49-,57-50+. The average molecular weight is 1150 g/mol. The van der Waals surface area contributed by atoms with E-state index in [1.807, 2.05) is 82.6 Å². The molecule has 1 atom stereocenters. The third-order valence-corrected chi connectivity index (χ3v) is 24.4. The number of carbonyl (C=O) groups is 2. The number of nitrogens with zero attached hydrogens (tertiary/aromatic N) is 4. The highest BCUT2D eigenvalue weighted by molar-refractivity contribution is 7.31. The van der Waals surface area contributed by atoms with E-state index in [0.29, 0.717) is 44.5 Å². The Morgan fingerprint density at radius 3 is 1.35 bits per heavy atom. The fourth-order valence-corrected chi connectivity index (χ4v) is 21.9. The van der Waals surface area contributed by atoms with Crippen LogP contribution in [0.25, 0.3) is 72.7 Å². The molecule has 378 valence electrons. The summed E-state index contributed by atoms with van der Waals surface area (Å²) in [7, 11) is 0. The fourth-order valence-electron chi connectivity index (χ4n) is 13.0. The van der Waals surface area contributed by atoms with Crippen LogP contribution in [0, 0.1) is 56.6 Å². The van der Waals surface area contributed by atoms with E-state index in [9.17, 15) is 20.1 Å². The van der Waals surface area contributed by atoms with Gasteiger partial charge >= 0.3 is 0 Å². The smallest absolute Gasteiger partial charge is 0.270 e. The molecule has 5 aliphatic rings. The van der Waals surface area contributed by atoms with Gasteiger partial charge in [0.2, 0.25) is 0 Å². The molecule has 0 fully saturated rings. The van der Waals surface area contributed by atoms with Gasteiger partial charge in [-0.15, -0.1) is 79.4 Å². The minimum Gasteiger partial charge on any atom is -0.289 e. The third-order valence-electron chi connectivity index (χ3n) is 16.2. The van der Waals surface area contributed by atoms with Crippen molar-refractivity contribution < 1.29 is 9.59 Å². The van der Waals surface area contributed by atoms with Crippen LogP contribution in [0.2, 0.25) is 0 Å². The summed E-state index contributed by atoms with van der Waals surface area (Å²) in [5.41, 5.74) is 12.3. The van der Waals surface area contributed by atoms with Crippen molar-refractivity contribution in [3.8, 4) is 33.0 Å². The zero-order valence-corrected chi connectivity index (χ0v) is 48.6. The highest BCUT2D eigenvalue weighted by Gasteiger charge is 2.56. The number of nitriles is 2. The lowest BCUT2D eigenvalue weighted by Crippen LogP contribution is -2.29. The van der Waals surface area contributed by atoms with E-state index in [-0.39, 0.29) is 23.0 Å². The first-order valence-electron chi connectivity index (χ1n) is 25.6. The Balaban J connectivity index is 0.996. The predicted molar refractivity (Wildman–Crippen MR) is 332 cm³/mol. The highest BCUT2D eigenvalue weighted by Crippen LogP contribution is 2.70. The van der Waals surface area contributed by atoms with E-state index in [1.54, 1.807) is 57.5 Å². The molecule has 13 heteroatoms. The molecular formula is C67H36N4O2S7. The summed E-state index contributed by atoms with van der Waals surface area (Å²) < 4.78 is 4.55. The number of ketones is 2. The Bertz CT molecular complexity index is 4890. The predicted octanol–water partition coefficient (Wildman–Crippen LogP) is 19.2. The van der Waals surface area contributed by atoms with Gasteiger partial charge in [0.1, 0.15) is 0 Å². The highest BCUT2D eigenvalue weighted by atomic mass is 32.1. The van der Waals surface area contributed by atoms with E-state index in [1.165, 1.54) is 83.5 Å². The van der Waals surface area contributed by atoms with Gasteiger partial charge in [-0.05, 0) is 146 Å². The minimum absolute atomic E-state index is 0.0931. The van der Waals surface area contributed by atoms with Crippen LogP contribution in [0.3, 0.4) is 0 Å². The van der Waals surface area contributed by atoms with Crippen LogP contribution in [0.1, 0.15) is 106 Å². The van der Waals surface area contributed by atoms with Gasteiger partial charge in [-0.25, -0.2) is 20.2 Å². The molecule has 1 unspecified atom stereocenters. The van der Waals surface area contributed by atoms with Gasteiger partial charge < -0.3 is 0 Å². The van der Waals surface area contributed by atoms with Crippen molar-refractivity contribution >= 4 is 133 Å². The third kappa shape index (κ3) is 6.48. The fraction of sp³-hybridized carbons (Fsp3) is 0.104. The van der Waals surface area contributed by atoms with Crippen LogP contribution in [-0.4, -0.2) is 11.6 Å². The number of hydrogen-bond acceptors (Lipinski definition) is 11. The molecule has 0 aliphatic heterocycles. The van der Waals surface area contributed by atoms with Crippen molar-refractivity contribution in [1.29, 1.82) is 10.5 Å². The van der Waals surface area contributed by atoms with E-state index in [0.717, 1.165) is 35.0 Å². The molecule has 0 bridgehead atoms. The van der Waals surface area contributed by atoms with Gasteiger partial charge in [-0.2, -0.15) is 0 Å². The number of benzene rings is 3. The molecular weight excluding hydrogens is 1120 g/mol. The second-order valence-corrected chi connectivity index (χ2v) is 28.7. The maximum atomic E-state index is 14.3. The molecule has 10 aromatic rings. The summed E-state index contributed by atoms with van der Waals surface area (Å²) in [6.45, 7) is 24.7.